The molecule has 0 radical (unpaired) electrons. The van der Waals surface area contributed by atoms with Crippen molar-refractivity contribution < 1.29 is 18.0 Å². The molecule has 2 amide bonds. The van der Waals surface area contributed by atoms with E-state index in [1.807, 2.05) is 56.3 Å². The third kappa shape index (κ3) is 7.30. The number of benzene rings is 3. The van der Waals surface area contributed by atoms with Gasteiger partial charge in [-0.15, -0.1) is 0 Å². The van der Waals surface area contributed by atoms with Gasteiger partial charge in [0.25, 0.3) is 10.0 Å². The molecule has 4 rings (SSSR count). The first-order chi connectivity index (χ1) is 19.3. The number of anilines is 1. The molecule has 1 aliphatic carbocycles. The van der Waals surface area contributed by atoms with Crippen LogP contribution < -0.4 is 9.62 Å². The second-order valence-electron chi connectivity index (χ2n) is 10.4. The number of hydrogen-bond acceptors (Lipinski definition) is 4. The zero-order valence-corrected chi connectivity index (χ0v) is 24.1. The standard InChI is InChI=1S/C32H39N3O4S/c1-3-30(32(37)33-27-14-10-11-15-27)34(23-22-26-12-6-4-7-13-26)31(36)24-35(28-20-18-25(2)19-21-28)40(38,39)29-16-8-5-9-17-29/h4-9,12-13,16-21,27,30H,3,10-11,14-15,22-24H2,1-2H3,(H,33,37). The normalized spacial score (nSPS) is 14.4. The molecule has 0 spiro atoms. The van der Waals surface area contributed by atoms with Gasteiger partial charge in [-0.05, 0) is 62.4 Å². The third-order valence-corrected chi connectivity index (χ3v) is 9.29. The minimum atomic E-state index is -4.05. The highest BCUT2D eigenvalue weighted by molar-refractivity contribution is 7.92. The van der Waals surface area contributed by atoms with Gasteiger partial charge in [0.1, 0.15) is 12.6 Å². The highest BCUT2D eigenvalue weighted by atomic mass is 32.2. The van der Waals surface area contributed by atoms with Crippen molar-refractivity contribution in [1.82, 2.24) is 10.2 Å². The van der Waals surface area contributed by atoms with Crippen molar-refractivity contribution in [1.29, 1.82) is 0 Å². The maximum atomic E-state index is 14.1. The lowest BCUT2D eigenvalue weighted by atomic mass is 10.1. The summed E-state index contributed by atoms with van der Waals surface area (Å²) in [7, 11) is -4.05. The van der Waals surface area contributed by atoms with E-state index in [1.54, 1.807) is 35.2 Å². The van der Waals surface area contributed by atoms with E-state index >= 15 is 0 Å². The molecular formula is C32H39N3O4S. The summed E-state index contributed by atoms with van der Waals surface area (Å²) in [5.41, 5.74) is 2.42. The number of aryl methyl sites for hydroxylation is 1. The minimum Gasteiger partial charge on any atom is -0.352 e. The average Bonchev–Trinajstić information content (AvgIpc) is 3.48. The highest BCUT2D eigenvalue weighted by Gasteiger charge is 2.34. The van der Waals surface area contributed by atoms with Crippen molar-refractivity contribution >= 4 is 27.5 Å². The third-order valence-electron chi connectivity index (χ3n) is 7.50. The molecule has 0 saturated heterocycles. The van der Waals surface area contributed by atoms with Crippen LogP contribution in [-0.4, -0.2) is 50.3 Å². The summed E-state index contributed by atoms with van der Waals surface area (Å²) >= 11 is 0. The van der Waals surface area contributed by atoms with E-state index in [1.165, 1.54) is 12.1 Å². The molecule has 0 heterocycles. The van der Waals surface area contributed by atoms with Gasteiger partial charge in [-0.3, -0.25) is 13.9 Å². The molecule has 3 aromatic rings. The van der Waals surface area contributed by atoms with Crippen molar-refractivity contribution in [3.8, 4) is 0 Å². The highest BCUT2D eigenvalue weighted by Crippen LogP contribution is 2.25. The molecule has 1 unspecified atom stereocenters. The zero-order valence-electron chi connectivity index (χ0n) is 23.3. The second kappa shape index (κ2) is 13.6. The number of amides is 2. The van der Waals surface area contributed by atoms with Gasteiger partial charge in [-0.25, -0.2) is 8.42 Å². The number of hydrogen-bond donors (Lipinski definition) is 1. The van der Waals surface area contributed by atoms with Crippen molar-refractivity contribution in [3.63, 3.8) is 0 Å². The first kappa shape index (κ1) is 29.3. The van der Waals surface area contributed by atoms with Crippen LogP contribution >= 0.6 is 0 Å². The Bertz CT molecular complexity index is 1360. The lowest BCUT2D eigenvalue weighted by Crippen LogP contribution is -2.54. The van der Waals surface area contributed by atoms with E-state index in [-0.39, 0.29) is 16.8 Å². The SMILES string of the molecule is CCC(C(=O)NC1CCCC1)N(CCc1ccccc1)C(=O)CN(c1ccc(C)cc1)S(=O)(=O)c1ccccc1. The fourth-order valence-electron chi connectivity index (χ4n) is 5.22. The van der Waals surface area contributed by atoms with E-state index in [4.69, 9.17) is 0 Å². The number of nitrogens with zero attached hydrogens (tertiary/aromatic N) is 2. The van der Waals surface area contributed by atoms with Crippen LogP contribution in [0.5, 0.6) is 0 Å². The molecule has 1 fully saturated rings. The van der Waals surface area contributed by atoms with Crippen LogP contribution in [-0.2, 0) is 26.0 Å². The van der Waals surface area contributed by atoms with Gasteiger partial charge >= 0.3 is 0 Å². The van der Waals surface area contributed by atoms with Crippen LogP contribution in [0.15, 0.2) is 89.8 Å². The molecule has 1 saturated carbocycles. The summed E-state index contributed by atoms with van der Waals surface area (Å²) < 4.78 is 28.8. The van der Waals surface area contributed by atoms with Crippen LogP contribution in [0.2, 0.25) is 0 Å². The molecule has 7 nitrogen and oxygen atoms in total. The molecule has 3 aromatic carbocycles. The number of carbonyl (C=O) groups is 2. The monoisotopic (exact) mass is 561 g/mol. The lowest BCUT2D eigenvalue weighted by Gasteiger charge is -2.33. The largest absolute Gasteiger partial charge is 0.352 e. The predicted octanol–water partition coefficient (Wildman–Crippen LogP) is 5.10. The molecule has 1 atom stereocenters. The molecule has 0 bridgehead atoms. The fourth-order valence-corrected chi connectivity index (χ4v) is 6.66. The van der Waals surface area contributed by atoms with Crippen molar-refractivity contribution in [2.45, 2.75) is 69.4 Å². The molecule has 1 N–H and O–H groups in total. The molecule has 212 valence electrons. The Hall–Kier alpha value is -3.65. The quantitative estimate of drug-likeness (QED) is 0.333. The first-order valence-electron chi connectivity index (χ1n) is 14.1. The van der Waals surface area contributed by atoms with Crippen LogP contribution in [0.1, 0.15) is 50.2 Å². The summed E-state index contributed by atoms with van der Waals surface area (Å²) in [6.45, 7) is 3.69. The van der Waals surface area contributed by atoms with Crippen molar-refractivity contribution in [3.05, 3.63) is 96.1 Å². The average molecular weight is 562 g/mol. The smallest absolute Gasteiger partial charge is 0.264 e. The number of nitrogens with one attached hydrogen (secondary N) is 1. The molecule has 8 heteroatoms. The van der Waals surface area contributed by atoms with Crippen LogP contribution in [0.25, 0.3) is 0 Å². The van der Waals surface area contributed by atoms with E-state index in [9.17, 15) is 18.0 Å². The van der Waals surface area contributed by atoms with E-state index in [0.717, 1.165) is 41.1 Å². The van der Waals surface area contributed by atoms with Gasteiger partial charge in [0.05, 0.1) is 10.6 Å². The van der Waals surface area contributed by atoms with Gasteiger partial charge in [-0.2, -0.15) is 0 Å². The summed E-state index contributed by atoms with van der Waals surface area (Å²) in [6, 6.07) is 24.4. The van der Waals surface area contributed by atoms with Gasteiger partial charge in [-0.1, -0.05) is 86.0 Å². The Morgan fingerprint density at radius 2 is 1.50 bits per heavy atom. The second-order valence-corrected chi connectivity index (χ2v) is 12.3. The van der Waals surface area contributed by atoms with E-state index in [0.29, 0.717) is 25.1 Å². The van der Waals surface area contributed by atoms with Crippen LogP contribution in [0.4, 0.5) is 5.69 Å². The van der Waals surface area contributed by atoms with E-state index in [2.05, 4.69) is 5.32 Å². The topological polar surface area (TPSA) is 86.8 Å². The Labute approximate surface area is 238 Å². The lowest BCUT2D eigenvalue weighted by molar-refractivity contribution is -0.139. The molecule has 0 aromatic heterocycles. The Morgan fingerprint density at radius 1 is 0.900 bits per heavy atom. The summed E-state index contributed by atoms with van der Waals surface area (Å²) in [5, 5.41) is 3.15. The van der Waals surface area contributed by atoms with E-state index < -0.39 is 28.5 Å². The summed E-state index contributed by atoms with van der Waals surface area (Å²) in [4.78, 5) is 29.2. The number of rotatable bonds is 12. The van der Waals surface area contributed by atoms with Crippen molar-refractivity contribution in [2.24, 2.45) is 0 Å². The number of carbonyl (C=O) groups excluding carboxylic acids is 2. The minimum absolute atomic E-state index is 0.102. The van der Waals surface area contributed by atoms with Crippen LogP contribution in [0.3, 0.4) is 0 Å². The predicted molar refractivity (Wildman–Crippen MR) is 158 cm³/mol. The van der Waals surface area contributed by atoms with Gasteiger partial charge in [0, 0.05) is 12.6 Å². The Kier molecular flexibility index (Phi) is 9.98. The maximum Gasteiger partial charge on any atom is 0.264 e. The van der Waals surface area contributed by atoms with Crippen molar-refractivity contribution in [2.75, 3.05) is 17.4 Å². The Balaban J connectivity index is 1.65. The fraction of sp³-hybridized carbons (Fsp3) is 0.375. The first-order valence-corrected chi connectivity index (χ1v) is 15.5. The van der Waals surface area contributed by atoms with Gasteiger partial charge < -0.3 is 10.2 Å². The van der Waals surface area contributed by atoms with Gasteiger partial charge in [0.15, 0.2) is 0 Å². The number of sulfonamides is 1. The molecule has 0 aliphatic heterocycles. The van der Waals surface area contributed by atoms with Crippen LogP contribution in [0, 0.1) is 6.92 Å². The molecular weight excluding hydrogens is 522 g/mol. The summed E-state index contributed by atoms with van der Waals surface area (Å²) in [5.74, 6) is -0.590. The summed E-state index contributed by atoms with van der Waals surface area (Å²) in [6.07, 6.45) is 5.03. The van der Waals surface area contributed by atoms with Gasteiger partial charge in [0.2, 0.25) is 11.8 Å². The maximum absolute atomic E-state index is 14.1. The zero-order chi connectivity index (χ0) is 28.5. The molecule has 1 aliphatic rings. The Morgan fingerprint density at radius 3 is 2.10 bits per heavy atom. The molecule has 40 heavy (non-hydrogen) atoms.